The van der Waals surface area contributed by atoms with Gasteiger partial charge in [-0.15, -0.1) is 0 Å². The SMILES string of the molecule is CCCCCCCCCCCCCCCC(=O)NCC(=O)NCC(=O)N[C@@H](Cc1ccc(O)cc1)C(=O)N[C@@H](CCC(N)=O)C(=O)N[C@@H](CCCCN)C(=O)N[C@@H](CCCCN)C(=O)NC(=O)[C@@H](N)CC(C)C. The summed E-state index contributed by atoms with van der Waals surface area (Å²) in [6.07, 6.45) is 17.0. The van der Waals surface area contributed by atoms with Gasteiger partial charge in [-0.2, -0.15) is 0 Å². The number of benzene rings is 1. The molecular formula is C52H91N11O10. The van der Waals surface area contributed by atoms with Crippen molar-refractivity contribution in [2.45, 2.75) is 205 Å². The summed E-state index contributed by atoms with van der Waals surface area (Å²) >= 11 is 0. The highest BCUT2D eigenvalue weighted by molar-refractivity contribution is 6.02. The smallest absolute Gasteiger partial charge is 0.249 e. The topological polar surface area (TPSA) is 362 Å². The van der Waals surface area contributed by atoms with Crippen molar-refractivity contribution in [2.75, 3.05) is 26.2 Å². The third kappa shape index (κ3) is 32.2. The molecule has 414 valence electrons. The molecule has 1 aromatic rings. The summed E-state index contributed by atoms with van der Waals surface area (Å²) in [5.74, 6) is -6.52. The van der Waals surface area contributed by atoms with E-state index < -0.39 is 84.0 Å². The molecule has 21 nitrogen and oxygen atoms in total. The van der Waals surface area contributed by atoms with Gasteiger partial charge in [0.05, 0.1) is 19.1 Å². The molecule has 0 unspecified atom stereocenters. The summed E-state index contributed by atoms with van der Waals surface area (Å²) in [4.78, 5) is 118. The molecule has 0 fully saturated rings. The second-order valence-corrected chi connectivity index (χ2v) is 19.4. The summed E-state index contributed by atoms with van der Waals surface area (Å²) in [6.45, 7) is 5.63. The van der Waals surface area contributed by atoms with Gasteiger partial charge in [-0.1, -0.05) is 110 Å². The first-order valence-corrected chi connectivity index (χ1v) is 26.7. The second-order valence-electron chi connectivity index (χ2n) is 19.4. The molecular weight excluding hydrogens is 939 g/mol. The summed E-state index contributed by atoms with van der Waals surface area (Å²) < 4.78 is 0. The van der Waals surface area contributed by atoms with E-state index in [0.717, 1.165) is 19.3 Å². The largest absolute Gasteiger partial charge is 0.508 e. The molecule has 1 rings (SSSR count). The number of phenolic OH excluding ortho intramolecular Hbond substituents is 1. The normalized spacial score (nSPS) is 13.1. The van der Waals surface area contributed by atoms with Crippen molar-refractivity contribution in [2.24, 2.45) is 28.9 Å². The molecule has 0 aliphatic carbocycles. The van der Waals surface area contributed by atoms with Gasteiger partial charge in [0.15, 0.2) is 0 Å². The van der Waals surface area contributed by atoms with Crippen molar-refractivity contribution < 1.29 is 48.3 Å². The summed E-state index contributed by atoms with van der Waals surface area (Å²) in [6, 6.07) is -0.507. The number of carbonyl (C=O) groups excluding carboxylic acids is 9. The van der Waals surface area contributed by atoms with Crippen LogP contribution < -0.4 is 60.2 Å². The highest BCUT2D eigenvalue weighted by Crippen LogP contribution is 2.15. The Bertz CT molecular complexity index is 1820. The molecule has 9 amide bonds. The number of rotatable bonds is 42. The lowest BCUT2D eigenvalue weighted by atomic mass is 10.0. The Hall–Kier alpha value is -5.67. The predicted molar refractivity (Wildman–Crippen MR) is 281 cm³/mol. The van der Waals surface area contributed by atoms with Gasteiger partial charge >= 0.3 is 0 Å². The van der Waals surface area contributed by atoms with Gasteiger partial charge in [0.2, 0.25) is 53.2 Å². The molecule has 0 heterocycles. The number of unbranched alkanes of at least 4 members (excludes halogenated alkanes) is 14. The molecule has 0 radical (unpaired) electrons. The van der Waals surface area contributed by atoms with Crippen molar-refractivity contribution in [3.05, 3.63) is 29.8 Å². The number of hydrogen-bond donors (Lipinski definition) is 12. The Morgan fingerprint density at radius 3 is 1.45 bits per heavy atom. The number of phenols is 1. The maximum Gasteiger partial charge on any atom is 0.249 e. The van der Waals surface area contributed by atoms with E-state index in [1.165, 1.54) is 82.1 Å². The van der Waals surface area contributed by atoms with E-state index >= 15 is 0 Å². The Morgan fingerprint density at radius 1 is 0.507 bits per heavy atom. The zero-order valence-corrected chi connectivity index (χ0v) is 44.0. The van der Waals surface area contributed by atoms with Crippen molar-refractivity contribution in [1.29, 1.82) is 0 Å². The molecule has 0 saturated heterocycles. The van der Waals surface area contributed by atoms with Crippen LogP contribution >= 0.6 is 0 Å². The highest BCUT2D eigenvalue weighted by Gasteiger charge is 2.32. The van der Waals surface area contributed by atoms with Crippen LogP contribution in [0.1, 0.15) is 174 Å². The van der Waals surface area contributed by atoms with Crippen LogP contribution in [0, 0.1) is 5.92 Å². The first-order chi connectivity index (χ1) is 34.9. The number of hydrogen-bond acceptors (Lipinski definition) is 13. The number of nitrogens with one attached hydrogen (secondary N) is 7. The molecule has 5 atom stereocenters. The van der Waals surface area contributed by atoms with Gasteiger partial charge < -0.3 is 59.9 Å². The third-order valence-corrected chi connectivity index (χ3v) is 12.2. The van der Waals surface area contributed by atoms with E-state index in [2.05, 4.69) is 44.1 Å². The number of amides is 9. The lowest BCUT2D eigenvalue weighted by Gasteiger charge is -2.27. The minimum Gasteiger partial charge on any atom is -0.508 e. The lowest BCUT2D eigenvalue weighted by molar-refractivity contribution is -0.136. The van der Waals surface area contributed by atoms with Gasteiger partial charge in [0.25, 0.3) is 0 Å². The average Bonchev–Trinajstić information content (AvgIpc) is 3.34. The Kier molecular flexibility index (Phi) is 35.6. The van der Waals surface area contributed by atoms with Crippen molar-refractivity contribution in [3.63, 3.8) is 0 Å². The maximum absolute atomic E-state index is 14.0. The number of aromatic hydroxyl groups is 1. The number of primary amides is 1. The number of imide groups is 1. The van der Waals surface area contributed by atoms with Crippen LogP contribution in [0.5, 0.6) is 5.75 Å². The molecule has 16 N–H and O–H groups in total. The number of nitrogens with two attached hydrogens (primary N) is 4. The van der Waals surface area contributed by atoms with Crippen LogP contribution in [0.25, 0.3) is 0 Å². The van der Waals surface area contributed by atoms with E-state index in [0.29, 0.717) is 50.6 Å². The van der Waals surface area contributed by atoms with Crippen molar-refractivity contribution in [3.8, 4) is 5.75 Å². The van der Waals surface area contributed by atoms with E-state index in [1.54, 1.807) is 0 Å². The first-order valence-electron chi connectivity index (χ1n) is 26.7. The molecule has 0 spiro atoms. The van der Waals surface area contributed by atoms with Crippen molar-refractivity contribution in [1.82, 2.24) is 37.2 Å². The van der Waals surface area contributed by atoms with Gasteiger partial charge in [-0.05, 0) is 94.5 Å². The predicted octanol–water partition coefficient (Wildman–Crippen LogP) is 2.13. The molecule has 0 aliphatic rings. The fraction of sp³-hybridized carbons (Fsp3) is 0.712. The average molecular weight is 1030 g/mol. The summed E-state index contributed by atoms with van der Waals surface area (Å²) in [5, 5.41) is 27.5. The molecule has 0 bridgehead atoms. The molecule has 21 heteroatoms. The molecule has 0 aliphatic heterocycles. The quantitative estimate of drug-likeness (QED) is 0.0418. The first kappa shape index (κ1) is 65.3. The van der Waals surface area contributed by atoms with Gasteiger partial charge in [0.1, 0.15) is 29.9 Å². The Balaban J connectivity index is 3.03. The minimum atomic E-state index is -1.48. The van der Waals surface area contributed by atoms with Crippen LogP contribution in [0.15, 0.2) is 24.3 Å². The zero-order chi connectivity index (χ0) is 54.4. The van der Waals surface area contributed by atoms with Crippen LogP contribution in [0.4, 0.5) is 0 Å². The van der Waals surface area contributed by atoms with E-state index in [-0.39, 0.29) is 69.2 Å². The zero-order valence-electron chi connectivity index (χ0n) is 44.0. The third-order valence-electron chi connectivity index (χ3n) is 12.2. The fourth-order valence-electron chi connectivity index (χ4n) is 7.95. The van der Waals surface area contributed by atoms with E-state index in [1.807, 2.05) is 13.8 Å². The van der Waals surface area contributed by atoms with Crippen LogP contribution in [0.2, 0.25) is 0 Å². The van der Waals surface area contributed by atoms with Crippen molar-refractivity contribution >= 4 is 53.2 Å². The Labute approximate surface area is 433 Å². The fourth-order valence-corrected chi connectivity index (χ4v) is 7.95. The van der Waals surface area contributed by atoms with Gasteiger partial charge in [0, 0.05) is 19.3 Å². The lowest BCUT2D eigenvalue weighted by Crippen LogP contribution is -2.59. The van der Waals surface area contributed by atoms with Crippen LogP contribution in [0.3, 0.4) is 0 Å². The van der Waals surface area contributed by atoms with Gasteiger partial charge in [-0.3, -0.25) is 48.5 Å². The van der Waals surface area contributed by atoms with E-state index in [9.17, 15) is 48.3 Å². The molecule has 73 heavy (non-hydrogen) atoms. The summed E-state index contributed by atoms with van der Waals surface area (Å²) in [5.41, 5.74) is 23.3. The number of carbonyl (C=O) groups is 9. The monoisotopic (exact) mass is 1030 g/mol. The summed E-state index contributed by atoms with van der Waals surface area (Å²) in [7, 11) is 0. The Morgan fingerprint density at radius 2 is 0.959 bits per heavy atom. The van der Waals surface area contributed by atoms with Gasteiger partial charge in [-0.25, -0.2) is 0 Å². The molecule has 1 aromatic carbocycles. The minimum absolute atomic E-state index is 0.0506. The van der Waals surface area contributed by atoms with E-state index in [4.69, 9.17) is 22.9 Å². The maximum atomic E-state index is 14.0. The molecule has 0 saturated carbocycles. The highest BCUT2D eigenvalue weighted by atomic mass is 16.3. The van der Waals surface area contributed by atoms with Crippen LogP contribution in [-0.2, 0) is 49.6 Å². The van der Waals surface area contributed by atoms with Crippen LogP contribution in [-0.4, -0.2) is 115 Å². The molecule has 0 aromatic heterocycles. The second kappa shape index (κ2) is 39.8. The standard InChI is InChI=1S/C52H91N11O10/c1-4-5-6-7-8-9-10-11-12-13-14-15-16-23-45(66)57-34-46(67)58-35-47(68)59-43(33-37-24-26-38(64)27-25-37)52(73)62-42(28-29-44(56)65)50(71)60-40(21-17-19-30-53)49(70)61-41(22-18-20-31-54)51(72)63-48(69)39(55)32-36(2)3/h24-27,36,39-43,64H,4-23,28-35,53-55H2,1-3H3,(H2,56,65)(H,57,66)(H,58,67)(H,59,68)(H,60,71)(H,61,70)(H,62,73)(H,63,69,72)/t39-,40-,41-,42-,43-/m0/s1.